The third kappa shape index (κ3) is 4.35. The van der Waals surface area contributed by atoms with Gasteiger partial charge < -0.3 is 33.2 Å². The van der Waals surface area contributed by atoms with Crippen LogP contribution in [0.15, 0.2) is 0 Å². The molecule has 0 aromatic rings. The Morgan fingerprint density at radius 1 is 0.895 bits per heavy atom. The van der Waals surface area contributed by atoms with Gasteiger partial charge in [0.05, 0.1) is 0 Å². The van der Waals surface area contributed by atoms with Gasteiger partial charge in [0.1, 0.15) is 26.4 Å². The molecule has 0 aromatic heterocycles. The predicted molar refractivity (Wildman–Crippen MR) is 63.3 cm³/mol. The van der Waals surface area contributed by atoms with Gasteiger partial charge in [0, 0.05) is 14.2 Å². The highest BCUT2D eigenvalue weighted by Crippen LogP contribution is 2.34. The quantitative estimate of drug-likeness (QED) is 0.425. The lowest BCUT2D eigenvalue weighted by Crippen LogP contribution is -2.34. The summed E-state index contributed by atoms with van der Waals surface area (Å²) in [5, 5.41) is 0. The second kappa shape index (κ2) is 6.01. The smallest absolute Gasteiger partial charge is 0.218 e. The Morgan fingerprint density at radius 3 is 1.53 bits per heavy atom. The second-order valence-corrected chi connectivity index (χ2v) is 4.73. The van der Waals surface area contributed by atoms with Crippen molar-refractivity contribution in [1.29, 1.82) is 0 Å². The van der Waals surface area contributed by atoms with Gasteiger partial charge in [-0.25, -0.2) is 0 Å². The van der Waals surface area contributed by atoms with Gasteiger partial charge in [0.25, 0.3) is 0 Å². The van der Waals surface area contributed by atoms with Crippen molar-refractivity contribution < 1.29 is 33.2 Å². The molecule has 0 radical (unpaired) electrons. The molecular weight excluding hydrogens is 256 g/mol. The van der Waals surface area contributed by atoms with Crippen molar-refractivity contribution in [2.24, 2.45) is 0 Å². The maximum Gasteiger partial charge on any atom is 0.218 e. The minimum atomic E-state index is -0.682. The van der Waals surface area contributed by atoms with Crippen LogP contribution in [-0.2, 0) is 33.2 Å². The first-order valence-corrected chi connectivity index (χ1v) is 6.30. The molecule has 2 rings (SSSR count). The minimum Gasteiger partial charge on any atom is -0.370 e. The van der Waals surface area contributed by atoms with Crippen LogP contribution in [0.3, 0.4) is 0 Å². The number of rotatable bonds is 10. The summed E-state index contributed by atoms with van der Waals surface area (Å²) < 4.78 is 37.3. The molecule has 4 atom stereocenters. The van der Waals surface area contributed by atoms with Gasteiger partial charge in [-0.3, -0.25) is 0 Å². The lowest BCUT2D eigenvalue weighted by Gasteiger charge is -2.21. The van der Waals surface area contributed by atoms with Gasteiger partial charge in [-0.1, -0.05) is 0 Å². The average Bonchev–Trinajstić information content (AvgIpc) is 3.29. The molecule has 2 saturated heterocycles. The van der Waals surface area contributed by atoms with Crippen molar-refractivity contribution >= 4 is 0 Å². The maximum atomic E-state index is 5.57. The Balaban J connectivity index is 1.66. The summed E-state index contributed by atoms with van der Waals surface area (Å²) >= 11 is 0. The van der Waals surface area contributed by atoms with Crippen LogP contribution >= 0.6 is 0 Å². The van der Waals surface area contributed by atoms with Crippen molar-refractivity contribution in [2.75, 3.05) is 40.6 Å². The van der Waals surface area contributed by atoms with Crippen molar-refractivity contribution in [2.45, 2.75) is 38.0 Å². The molecule has 2 fully saturated rings. The van der Waals surface area contributed by atoms with Gasteiger partial charge in [0.2, 0.25) is 11.6 Å². The van der Waals surface area contributed by atoms with E-state index in [0.717, 1.165) is 0 Å². The monoisotopic (exact) mass is 278 g/mol. The molecule has 2 heterocycles. The van der Waals surface area contributed by atoms with Crippen molar-refractivity contribution in [3.63, 3.8) is 0 Å². The number of methoxy groups -OCH3 is 2. The lowest BCUT2D eigenvalue weighted by molar-refractivity contribution is -0.225. The average molecular weight is 278 g/mol. The molecule has 0 bridgehead atoms. The van der Waals surface area contributed by atoms with Gasteiger partial charge in [-0.15, -0.1) is 0 Å². The van der Waals surface area contributed by atoms with Crippen LogP contribution in [0.25, 0.3) is 0 Å². The van der Waals surface area contributed by atoms with Crippen LogP contribution in [0.5, 0.6) is 0 Å². The highest BCUT2D eigenvalue weighted by atomic mass is 16.9. The molecule has 2 aliphatic heterocycles. The Kier molecular flexibility index (Phi) is 4.78. The van der Waals surface area contributed by atoms with Crippen LogP contribution in [0.4, 0.5) is 0 Å². The van der Waals surface area contributed by atoms with E-state index >= 15 is 0 Å². The van der Waals surface area contributed by atoms with Gasteiger partial charge in [0.15, 0.2) is 12.6 Å². The van der Waals surface area contributed by atoms with E-state index in [1.165, 1.54) is 0 Å². The van der Waals surface area contributed by atoms with E-state index in [1.54, 1.807) is 28.1 Å². The Labute approximate surface area is 113 Å². The zero-order valence-electron chi connectivity index (χ0n) is 11.8. The summed E-state index contributed by atoms with van der Waals surface area (Å²) in [5.74, 6) is -1.36. The topological polar surface area (TPSA) is 71.2 Å². The molecule has 0 spiro atoms. The van der Waals surface area contributed by atoms with Crippen molar-refractivity contribution in [3.8, 4) is 0 Å². The van der Waals surface area contributed by atoms with Gasteiger partial charge in [-0.05, 0) is 13.8 Å². The third-order valence-electron chi connectivity index (χ3n) is 3.00. The van der Waals surface area contributed by atoms with E-state index in [-0.39, 0.29) is 12.6 Å². The number of epoxide rings is 2. The summed E-state index contributed by atoms with van der Waals surface area (Å²) in [6.45, 7) is 5.25. The van der Waals surface area contributed by atoms with E-state index in [9.17, 15) is 0 Å². The van der Waals surface area contributed by atoms with Gasteiger partial charge >= 0.3 is 0 Å². The van der Waals surface area contributed by atoms with Crippen LogP contribution in [0, 0.1) is 0 Å². The normalized spacial score (nSPS) is 36.0. The molecule has 0 N–H and O–H groups in total. The van der Waals surface area contributed by atoms with Crippen molar-refractivity contribution in [1.82, 2.24) is 0 Å². The fourth-order valence-electron chi connectivity index (χ4n) is 1.59. The summed E-state index contributed by atoms with van der Waals surface area (Å²) in [7, 11) is 3.16. The van der Waals surface area contributed by atoms with E-state index in [0.29, 0.717) is 26.4 Å². The molecule has 112 valence electrons. The minimum absolute atomic E-state index is 0.316. The number of hydrogen-bond donors (Lipinski definition) is 0. The second-order valence-electron chi connectivity index (χ2n) is 4.73. The highest BCUT2D eigenvalue weighted by molar-refractivity contribution is 4.85. The molecule has 0 aromatic carbocycles. The van der Waals surface area contributed by atoms with E-state index < -0.39 is 11.6 Å². The van der Waals surface area contributed by atoms with Crippen LogP contribution in [0.2, 0.25) is 0 Å². The first-order valence-electron chi connectivity index (χ1n) is 6.30. The molecule has 0 amide bonds. The molecule has 7 nitrogen and oxygen atoms in total. The predicted octanol–water partition coefficient (Wildman–Crippen LogP) is 0.474. The Bertz CT molecular complexity index is 260. The molecule has 19 heavy (non-hydrogen) atoms. The van der Waals surface area contributed by atoms with Crippen LogP contribution in [0.1, 0.15) is 13.8 Å². The highest BCUT2D eigenvalue weighted by Gasteiger charge is 2.52. The van der Waals surface area contributed by atoms with E-state index in [2.05, 4.69) is 0 Å². The molecule has 2 aliphatic rings. The van der Waals surface area contributed by atoms with Crippen LogP contribution < -0.4 is 0 Å². The first-order chi connectivity index (χ1) is 9.03. The summed E-state index contributed by atoms with van der Waals surface area (Å²) in [5.41, 5.74) is 0. The number of hydrogen-bond acceptors (Lipinski definition) is 7. The molecule has 4 unspecified atom stereocenters. The summed E-state index contributed by atoms with van der Waals surface area (Å²) in [6, 6.07) is 0. The standard InChI is InChI=1S/C12H22O7/c1-9(13-3)18-11(7-16-11)5-15-6-12(8-17-12)19-10(2)14-4/h9-10H,5-8H2,1-4H3. The van der Waals surface area contributed by atoms with E-state index in [4.69, 9.17) is 33.2 Å². The largest absolute Gasteiger partial charge is 0.370 e. The van der Waals surface area contributed by atoms with Gasteiger partial charge in [-0.2, -0.15) is 0 Å². The Morgan fingerprint density at radius 2 is 1.26 bits per heavy atom. The summed E-state index contributed by atoms with van der Waals surface area (Å²) in [6.07, 6.45) is -0.663. The molecule has 0 aliphatic carbocycles. The van der Waals surface area contributed by atoms with E-state index in [1.807, 2.05) is 0 Å². The summed E-state index contributed by atoms with van der Waals surface area (Å²) in [4.78, 5) is 0. The fourth-order valence-corrected chi connectivity index (χ4v) is 1.59. The zero-order valence-corrected chi connectivity index (χ0v) is 11.8. The van der Waals surface area contributed by atoms with Crippen LogP contribution in [-0.4, -0.2) is 64.8 Å². The zero-order chi connectivity index (χ0) is 13.9. The molecule has 0 saturated carbocycles. The number of ether oxygens (including phenoxy) is 7. The first kappa shape index (κ1) is 15.1. The maximum absolute atomic E-state index is 5.57. The van der Waals surface area contributed by atoms with Crippen molar-refractivity contribution in [3.05, 3.63) is 0 Å². The fraction of sp³-hybridized carbons (Fsp3) is 1.00. The third-order valence-corrected chi connectivity index (χ3v) is 3.00. The molecule has 7 heteroatoms. The lowest BCUT2D eigenvalue weighted by atomic mass is 10.4. The Hall–Kier alpha value is -0.280. The SMILES string of the molecule is COC(C)OC1(COCC2(OC(C)OC)CO2)CO1. The molecular formula is C12H22O7.